The molecule has 0 bridgehead atoms. The van der Waals surface area contributed by atoms with Gasteiger partial charge in [0.25, 0.3) is 0 Å². The van der Waals surface area contributed by atoms with Gasteiger partial charge in [0.2, 0.25) is 0 Å². The van der Waals surface area contributed by atoms with E-state index < -0.39 is 0 Å². The van der Waals surface area contributed by atoms with E-state index >= 15 is 0 Å². The number of carbonyl (C=O) groups is 1. The molecule has 1 aromatic carbocycles. The van der Waals surface area contributed by atoms with E-state index in [1.54, 1.807) is 19.2 Å². The average Bonchev–Trinajstić information content (AvgIpc) is 2.71. The Morgan fingerprint density at radius 1 is 1.26 bits per heavy atom. The van der Waals surface area contributed by atoms with Gasteiger partial charge in [0.15, 0.2) is 5.82 Å². The molecule has 0 saturated heterocycles. The van der Waals surface area contributed by atoms with Crippen LogP contribution in [-0.2, 0) is 0 Å². The predicted octanol–water partition coefficient (Wildman–Crippen LogP) is 2.68. The normalized spacial score (nSPS) is 10.1. The van der Waals surface area contributed by atoms with Crippen LogP contribution >= 0.6 is 0 Å². The van der Waals surface area contributed by atoms with Gasteiger partial charge in [0.1, 0.15) is 5.75 Å². The highest BCUT2D eigenvalue weighted by molar-refractivity contribution is 6.00. The molecule has 2 amide bonds. The van der Waals surface area contributed by atoms with Crippen molar-refractivity contribution in [2.24, 2.45) is 0 Å². The second-order valence-electron chi connectivity index (χ2n) is 4.10. The van der Waals surface area contributed by atoms with Crippen molar-refractivity contribution in [2.75, 3.05) is 17.7 Å². The monoisotopic (exact) mass is 260 g/mol. The number of methoxy groups -OCH3 is 1. The number of hydrogen-bond acceptors (Lipinski definition) is 3. The number of hydrogen-bond donors (Lipinski definition) is 3. The molecule has 0 spiro atoms. The first-order valence-corrected chi connectivity index (χ1v) is 5.84. The van der Waals surface area contributed by atoms with Crippen molar-refractivity contribution in [1.82, 2.24) is 10.2 Å². The molecule has 0 aliphatic heterocycles. The number of nitrogens with one attached hydrogen (secondary N) is 3. The number of para-hydroxylation sites is 2. The summed E-state index contributed by atoms with van der Waals surface area (Å²) >= 11 is 0. The first-order chi connectivity index (χ1) is 9.11. The SMILES string of the molecule is COc1ccccc1NC(=O)Nc1n[nH]c(C)c1C. The number of aromatic nitrogens is 2. The molecular formula is C13H16N4O2. The van der Waals surface area contributed by atoms with Crippen LogP contribution in [0.25, 0.3) is 0 Å². The third-order valence-corrected chi connectivity index (χ3v) is 2.84. The lowest BCUT2D eigenvalue weighted by molar-refractivity contribution is 0.262. The summed E-state index contributed by atoms with van der Waals surface area (Å²) in [5.41, 5.74) is 2.44. The summed E-state index contributed by atoms with van der Waals surface area (Å²) in [6.07, 6.45) is 0. The molecule has 0 saturated carbocycles. The fraction of sp³-hybridized carbons (Fsp3) is 0.231. The van der Waals surface area contributed by atoms with Crippen LogP contribution in [0.1, 0.15) is 11.3 Å². The van der Waals surface area contributed by atoms with E-state index in [2.05, 4.69) is 20.8 Å². The van der Waals surface area contributed by atoms with E-state index in [0.29, 0.717) is 17.3 Å². The van der Waals surface area contributed by atoms with Gasteiger partial charge < -0.3 is 10.1 Å². The standard InChI is InChI=1S/C13H16N4O2/c1-8-9(2)16-17-12(8)15-13(18)14-10-6-4-5-7-11(10)19-3/h4-7H,1-3H3,(H3,14,15,16,17,18). The molecule has 6 heteroatoms. The van der Waals surface area contributed by atoms with Gasteiger partial charge in [-0.2, -0.15) is 5.10 Å². The summed E-state index contributed by atoms with van der Waals surface area (Å²) in [6.45, 7) is 3.78. The number of amides is 2. The molecule has 19 heavy (non-hydrogen) atoms. The molecule has 0 fully saturated rings. The Morgan fingerprint density at radius 2 is 2.00 bits per heavy atom. The second kappa shape index (κ2) is 5.43. The fourth-order valence-electron chi connectivity index (χ4n) is 1.62. The number of benzene rings is 1. The first-order valence-electron chi connectivity index (χ1n) is 5.84. The van der Waals surface area contributed by atoms with Crippen LogP contribution in [0, 0.1) is 13.8 Å². The smallest absolute Gasteiger partial charge is 0.325 e. The minimum absolute atomic E-state index is 0.362. The van der Waals surface area contributed by atoms with Crippen molar-refractivity contribution in [2.45, 2.75) is 13.8 Å². The molecule has 1 heterocycles. The molecule has 100 valence electrons. The van der Waals surface area contributed by atoms with Crippen LogP contribution in [0.5, 0.6) is 5.75 Å². The maximum absolute atomic E-state index is 11.9. The highest BCUT2D eigenvalue weighted by Gasteiger charge is 2.11. The Morgan fingerprint density at radius 3 is 2.63 bits per heavy atom. The van der Waals surface area contributed by atoms with E-state index in [1.165, 1.54) is 0 Å². The van der Waals surface area contributed by atoms with Crippen molar-refractivity contribution in [3.63, 3.8) is 0 Å². The summed E-state index contributed by atoms with van der Waals surface area (Å²) in [4.78, 5) is 11.9. The molecular weight excluding hydrogens is 244 g/mol. The molecule has 6 nitrogen and oxygen atoms in total. The number of rotatable bonds is 3. The van der Waals surface area contributed by atoms with E-state index in [1.807, 2.05) is 26.0 Å². The third-order valence-electron chi connectivity index (χ3n) is 2.84. The number of carbonyl (C=O) groups excluding carboxylic acids is 1. The number of ether oxygens (including phenoxy) is 1. The minimum atomic E-state index is -0.362. The minimum Gasteiger partial charge on any atom is -0.495 e. The van der Waals surface area contributed by atoms with Crippen LogP contribution in [0.2, 0.25) is 0 Å². The zero-order valence-electron chi connectivity index (χ0n) is 11.1. The molecule has 0 unspecified atom stereocenters. The molecule has 3 N–H and O–H groups in total. The summed E-state index contributed by atoms with van der Waals surface area (Å²) in [6, 6.07) is 6.84. The van der Waals surface area contributed by atoms with Gasteiger partial charge in [-0.3, -0.25) is 10.4 Å². The van der Waals surface area contributed by atoms with Crippen molar-refractivity contribution in [3.05, 3.63) is 35.5 Å². The largest absolute Gasteiger partial charge is 0.495 e. The molecule has 0 aliphatic rings. The third kappa shape index (κ3) is 2.85. The van der Waals surface area contributed by atoms with Gasteiger partial charge in [0.05, 0.1) is 12.8 Å². The van der Waals surface area contributed by atoms with E-state index in [-0.39, 0.29) is 6.03 Å². The summed E-state index contributed by atoms with van der Waals surface area (Å²) in [7, 11) is 1.56. The van der Waals surface area contributed by atoms with Crippen LogP contribution in [0.4, 0.5) is 16.3 Å². The van der Waals surface area contributed by atoms with Crippen molar-refractivity contribution < 1.29 is 9.53 Å². The summed E-state index contributed by atoms with van der Waals surface area (Å²) < 4.78 is 5.16. The highest BCUT2D eigenvalue weighted by atomic mass is 16.5. The van der Waals surface area contributed by atoms with Crippen LogP contribution in [0.3, 0.4) is 0 Å². The van der Waals surface area contributed by atoms with Gasteiger partial charge >= 0.3 is 6.03 Å². The van der Waals surface area contributed by atoms with E-state index in [0.717, 1.165) is 11.3 Å². The van der Waals surface area contributed by atoms with E-state index in [9.17, 15) is 4.79 Å². The van der Waals surface area contributed by atoms with E-state index in [4.69, 9.17) is 4.74 Å². The zero-order chi connectivity index (χ0) is 13.8. The fourth-order valence-corrected chi connectivity index (χ4v) is 1.62. The Balaban J connectivity index is 2.07. The van der Waals surface area contributed by atoms with Gasteiger partial charge in [-0.05, 0) is 26.0 Å². The second-order valence-corrected chi connectivity index (χ2v) is 4.10. The van der Waals surface area contributed by atoms with Crippen molar-refractivity contribution >= 4 is 17.5 Å². The zero-order valence-corrected chi connectivity index (χ0v) is 11.1. The topological polar surface area (TPSA) is 79.0 Å². The lowest BCUT2D eigenvalue weighted by Gasteiger charge is -2.10. The molecule has 0 atom stereocenters. The lowest BCUT2D eigenvalue weighted by Crippen LogP contribution is -2.20. The van der Waals surface area contributed by atoms with Gasteiger partial charge in [-0.15, -0.1) is 0 Å². The number of nitrogens with zero attached hydrogens (tertiary/aromatic N) is 1. The lowest BCUT2D eigenvalue weighted by atomic mass is 10.3. The number of H-pyrrole nitrogens is 1. The number of anilines is 2. The first kappa shape index (κ1) is 12.9. The molecule has 0 aliphatic carbocycles. The van der Waals surface area contributed by atoms with Gasteiger partial charge in [-0.1, -0.05) is 12.1 Å². The quantitative estimate of drug-likeness (QED) is 0.793. The maximum Gasteiger partial charge on any atom is 0.325 e. The Hall–Kier alpha value is -2.50. The van der Waals surface area contributed by atoms with Crippen LogP contribution in [0.15, 0.2) is 24.3 Å². The predicted molar refractivity (Wildman–Crippen MR) is 73.7 cm³/mol. The average molecular weight is 260 g/mol. The molecule has 0 radical (unpaired) electrons. The molecule has 2 aromatic rings. The van der Waals surface area contributed by atoms with Crippen LogP contribution in [-0.4, -0.2) is 23.3 Å². The Kier molecular flexibility index (Phi) is 3.70. The van der Waals surface area contributed by atoms with Gasteiger partial charge in [-0.25, -0.2) is 4.79 Å². The van der Waals surface area contributed by atoms with Crippen molar-refractivity contribution in [1.29, 1.82) is 0 Å². The van der Waals surface area contributed by atoms with Crippen LogP contribution < -0.4 is 15.4 Å². The summed E-state index contributed by atoms with van der Waals surface area (Å²) in [5, 5.41) is 12.2. The number of urea groups is 1. The number of aryl methyl sites for hydroxylation is 1. The molecule has 1 aromatic heterocycles. The Bertz CT molecular complexity index is 592. The summed E-state index contributed by atoms with van der Waals surface area (Å²) in [5.74, 6) is 1.12. The maximum atomic E-state index is 11.9. The van der Waals surface area contributed by atoms with Gasteiger partial charge in [0, 0.05) is 11.3 Å². The Labute approximate surface area is 111 Å². The highest BCUT2D eigenvalue weighted by Crippen LogP contribution is 2.23. The number of aromatic amines is 1. The van der Waals surface area contributed by atoms with Crippen molar-refractivity contribution in [3.8, 4) is 5.75 Å². The molecule has 2 rings (SSSR count).